The van der Waals surface area contributed by atoms with Crippen molar-refractivity contribution >= 4 is 89.7 Å². The van der Waals surface area contributed by atoms with Gasteiger partial charge in [0.05, 0.1) is 11.0 Å². The Morgan fingerprint density at radius 2 is 1.89 bits per heavy atom. The van der Waals surface area contributed by atoms with E-state index in [2.05, 4.69) is 67.8 Å². The van der Waals surface area contributed by atoms with Crippen molar-refractivity contribution in [3.05, 3.63) is 40.1 Å². The molecule has 2 fully saturated rings. The normalized spacial score (nSPS) is 27.5. The Balaban J connectivity index is 1.47. The highest BCUT2D eigenvalue weighted by Gasteiger charge is 2.60. The van der Waals surface area contributed by atoms with E-state index in [1.807, 2.05) is 12.1 Å². The molecular formula is C21H19F3I3NO6S. The number of sulfonamides is 1. The van der Waals surface area contributed by atoms with Crippen LogP contribution in [0, 0.1) is 22.0 Å². The summed E-state index contributed by atoms with van der Waals surface area (Å²) in [7, 11) is -5.51. The summed E-state index contributed by atoms with van der Waals surface area (Å²) < 4.78 is 74.9. The maximum atomic E-state index is 13.2. The molecule has 2 saturated carbocycles. The van der Waals surface area contributed by atoms with Gasteiger partial charge in [-0.3, -0.25) is 4.79 Å². The summed E-state index contributed by atoms with van der Waals surface area (Å²) in [6.45, 7) is -1.25. The lowest BCUT2D eigenvalue weighted by Gasteiger charge is -2.55. The third kappa shape index (κ3) is 5.64. The minimum Gasteiger partial charge on any atom is -0.464 e. The Bertz CT molecular complexity index is 1220. The van der Waals surface area contributed by atoms with E-state index in [4.69, 9.17) is 9.47 Å². The second kappa shape index (κ2) is 9.83. The third-order valence-electron chi connectivity index (χ3n) is 6.39. The van der Waals surface area contributed by atoms with Crippen molar-refractivity contribution in [1.82, 2.24) is 4.72 Å². The molecule has 4 aliphatic carbocycles. The van der Waals surface area contributed by atoms with Crippen LogP contribution in [0.5, 0.6) is 0 Å². The van der Waals surface area contributed by atoms with Gasteiger partial charge in [-0.2, -0.15) is 13.2 Å². The van der Waals surface area contributed by atoms with Crippen molar-refractivity contribution in [2.75, 3.05) is 13.2 Å². The van der Waals surface area contributed by atoms with Crippen molar-refractivity contribution in [2.45, 2.75) is 43.2 Å². The van der Waals surface area contributed by atoms with Gasteiger partial charge in [-0.15, -0.1) is 0 Å². The molecule has 192 valence electrons. The molecule has 14 heteroatoms. The van der Waals surface area contributed by atoms with E-state index in [9.17, 15) is 31.2 Å². The van der Waals surface area contributed by atoms with E-state index in [1.165, 1.54) is 4.72 Å². The number of benzene rings is 1. The number of halogens is 6. The summed E-state index contributed by atoms with van der Waals surface area (Å²) in [5.41, 5.74) is -5.90. The predicted molar refractivity (Wildman–Crippen MR) is 144 cm³/mol. The number of hydrogen-bond donors (Lipinski definition) is 1. The zero-order valence-electron chi connectivity index (χ0n) is 17.9. The summed E-state index contributed by atoms with van der Waals surface area (Å²) in [6, 6.07) is 3.72. The molecule has 7 nitrogen and oxygen atoms in total. The number of carbonyl (C=O) groups excluding carboxylic acids is 2. The quantitative estimate of drug-likeness (QED) is 0.138. The van der Waals surface area contributed by atoms with Gasteiger partial charge >= 0.3 is 27.5 Å². The first-order valence-corrected chi connectivity index (χ1v) is 15.2. The maximum absolute atomic E-state index is 13.2. The van der Waals surface area contributed by atoms with Crippen LogP contribution in [-0.2, 0) is 24.3 Å². The molecule has 0 radical (unpaired) electrons. The third-order valence-corrected chi connectivity index (χ3v) is 11.3. The number of esters is 2. The summed E-state index contributed by atoms with van der Waals surface area (Å²) in [4.78, 5) is 26.2. The van der Waals surface area contributed by atoms with E-state index in [-0.39, 0.29) is 12.3 Å². The van der Waals surface area contributed by atoms with Crippen molar-refractivity contribution in [3.63, 3.8) is 0 Å². The van der Waals surface area contributed by atoms with Crippen molar-refractivity contribution in [1.29, 1.82) is 0 Å². The first-order valence-electron chi connectivity index (χ1n) is 10.5. The molecule has 0 saturated heterocycles. The van der Waals surface area contributed by atoms with Gasteiger partial charge in [0.2, 0.25) is 0 Å². The molecule has 35 heavy (non-hydrogen) atoms. The first kappa shape index (κ1) is 27.8. The lowest BCUT2D eigenvalue weighted by Crippen LogP contribution is -2.56. The highest BCUT2D eigenvalue weighted by atomic mass is 127. The monoisotopic (exact) mass is 851 g/mol. The molecule has 4 bridgehead atoms. The summed E-state index contributed by atoms with van der Waals surface area (Å²) in [6.07, 6.45) is 4.48. The van der Waals surface area contributed by atoms with Crippen LogP contribution in [0.4, 0.5) is 13.2 Å². The molecule has 3 unspecified atom stereocenters. The highest BCUT2D eigenvalue weighted by molar-refractivity contribution is 14.1. The fourth-order valence-corrected chi connectivity index (χ4v) is 8.30. The Morgan fingerprint density at radius 3 is 2.54 bits per heavy atom. The van der Waals surface area contributed by atoms with Gasteiger partial charge in [-0.1, -0.05) is 11.6 Å². The fourth-order valence-electron chi connectivity index (χ4n) is 5.41. The minimum absolute atomic E-state index is 0.108. The zero-order chi connectivity index (χ0) is 25.8. The molecule has 1 N–H and O–H groups in total. The number of alkyl halides is 3. The minimum atomic E-state index is -5.51. The van der Waals surface area contributed by atoms with Gasteiger partial charge in [-0.25, -0.2) is 17.9 Å². The van der Waals surface area contributed by atoms with Crippen LogP contribution < -0.4 is 4.72 Å². The Kier molecular flexibility index (Phi) is 7.81. The molecule has 4 aliphatic rings. The van der Waals surface area contributed by atoms with E-state index in [1.54, 1.807) is 6.07 Å². The van der Waals surface area contributed by atoms with E-state index < -0.39 is 51.6 Å². The molecule has 5 rings (SSSR count). The summed E-state index contributed by atoms with van der Waals surface area (Å²) >= 11 is 6.40. The largest absolute Gasteiger partial charge is 0.511 e. The highest BCUT2D eigenvalue weighted by Crippen LogP contribution is 2.60. The molecular weight excluding hydrogens is 832 g/mol. The zero-order valence-corrected chi connectivity index (χ0v) is 25.2. The van der Waals surface area contributed by atoms with Crippen LogP contribution in [-0.4, -0.2) is 44.6 Å². The number of hydrogen-bond acceptors (Lipinski definition) is 6. The number of nitrogens with one attached hydrogen (secondary N) is 1. The standard InChI is InChI=1S/C21H19F3I3NO6S/c22-21(23,24)35(31,32)28-1-2-33-18(30)19-6-11-3-12(7-19)9-20(8-11,10-19)34-17(29)14-4-13(25)5-15(26)16(14)27/h4-6,12,28H,1-3,7-10H2. The Morgan fingerprint density at radius 1 is 1.17 bits per heavy atom. The van der Waals surface area contributed by atoms with E-state index in [0.717, 1.165) is 22.7 Å². The molecule has 1 aromatic carbocycles. The van der Waals surface area contributed by atoms with E-state index >= 15 is 0 Å². The molecule has 0 aliphatic heterocycles. The number of carbonyl (C=O) groups is 2. The van der Waals surface area contributed by atoms with E-state index in [0.29, 0.717) is 24.8 Å². The molecule has 3 atom stereocenters. The summed E-state index contributed by atoms with van der Waals surface area (Å²) in [5.74, 6) is -1.00. The van der Waals surface area contributed by atoms with Gasteiger partial charge in [0.1, 0.15) is 12.2 Å². The smallest absolute Gasteiger partial charge is 0.464 e. The van der Waals surface area contributed by atoms with Crippen molar-refractivity contribution < 1.29 is 40.7 Å². The van der Waals surface area contributed by atoms with Gasteiger partial charge < -0.3 is 9.47 Å². The van der Waals surface area contributed by atoms with Crippen molar-refractivity contribution in [2.24, 2.45) is 11.3 Å². The lowest BCUT2D eigenvalue weighted by molar-refractivity contribution is -0.167. The Hall–Kier alpha value is -0.210. The SMILES string of the molecule is O=C(OC12CC3=CC(C(=O)OCCNS(=O)(=O)C(F)(F)F)(CC(C3)C1)C2)c1cc(I)cc(I)c1I. The average Bonchev–Trinajstić information content (AvgIpc) is 2.71. The van der Waals surface area contributed by atoms with Crippen LogP contribution >= 0.6 is 67.8 Å². The first-order chi connectivity index (χ1) is 16.2. The molecule has 0 spiro atoms. The topological polar surface area (TPSA) is 98.8 Å². The fraction of sp³-hybridized carbons (Fsp3) is 0.524. The second-order valence-electron chi connectivity index (χ2n) is 9.09. The van der Waals surface area contributed by atoms with Gasteiger partial charge in [0.15, 0.2) is 0 Å². The van der Waals surface area contributed by atoms with Gasteiger partial charge in [-0.05, 0) is 105 Å². The van der Waals surface area contributed by atoms with Crippen LogP contribution in [0.15, 0.2) is 23.8 Å². The second-order valence-corrected chi connectivity index (χ2v) is 14.3. The van der Waals surface area contributed by atoms with Crippen LogP contribution in [0.25, 0.3) is 0 Å². The molecule has 0 heterocycles. The molecule has 0 aromatic heterocycles. The predicted octanol–water partition coefficient (Wildman–Crippen LogP) is 4.90. The summed E-state index contributed by atoms with van der Waals surface area (Å²) in [5, 5.41) is 0. The van der Waals surface area contributed by atoms with Crippen LogP contribution in [0.3, 0.4) is 0 Å². The van der Waals surface area contributed by atoms with Crippen molar-refractivity contribution in [3.8, 4) is 0 Å². The van der Waals surface area contributed by atoms with Gasteiger partial charge in [0.25, 0.3) is 0 Å². The molecule has 1 aromatic rings. The molecule has 0 amide bonds. The van der Waals surface area contributed by atoms with Crippen LogP contribution in [0.1, 0.15) is 42.5 Å². The maximum Gasteiger partial charge on any atom is 0.511 e. The lowest BCUT2D eigenvalue weighted by atomic mass is 9.52. The number of ether oxygens (including phenoxy) is 2. The number of rotatable bonds is 7. The van der Waals surface area contributed by atoms with Crippen LogP contribution in [0.2, 0.25) is 0 Å². The average molecular weight is 851 g/mol. The Labute approximate surface area is 240 Å². The van der Waals surface area contributed by atoms with Gasteiger partial charge in [0, 0.05) is 30.1 Å².